The van der Waals surface area contributed by atoms with Gasteiger partial charge in [0.2, 0.25) is 0 Å². The summed E-state index contributed by atoms with van der Waals surface area (Å²) in [6.07, 6.45) is 0.0750. The normalized spacial score (nSPS) is 20.9. The number of hydrogen-bond acceptors (Lipinski definition) is 8. The minimum Gasteiger partial charge on any atom is -0.394 e. The molecule has 2 aromatic heterocycles. The zero-order valence-corrected chi connectivity index (χ0v) is 21.2. The van der Waals surface area contributed by atoms with Crippen molar-refractivity contribution in [3.8, 4) is 0 Å². The highest BCUT2D eigenvalue weighted by Crippen LogP contribution is 2.33. The number of aliphatic hydroxyl groups excluding tert-OH is 2. The van der Waals surface area contributed by atoms with E-state index in [9.17, 15) is 15.0 Å². The van der Waals surface area contributed by atoms with Gasteiger partial charge in [0.15, 0.2) is 23.2 Å². The summed E-state index contributed by atoms with van der Waals surface area (Å²) in [5.41, 5.74) is 3.74. The first-order valence-corrected chi connectivity index (χ1v) is 12.7. The van der Waals surface area contributed by atoms with Crippen molar-refractivity contribution >= 4 is 33.7 Å². The highest BCUT2D eigenvalue weighted by atomic mass is 16.5. The van der Waals surface area contributed by atoms with Crippen LogP contribution in [-0.2, 0) is 11.3 Å². The van der Waals surface area contributed by atoms with E-state index in [0.29, 0.717) is 29.1 Å². The number of nitrogens with zero attached hydrogens (tertiary/aromatic N) is 4. The second kappa shape index (κ2) is 10.4. The molecule has 10 heteroatoms. The van der Waals surface area contributed by atoms with E-state index in [-0.39, 0.29) is 5.91 Å². The Morgan fingerprint density at radius 2 is 1.82 bits per heavy atom. The summed E-state index contributed by atoms with van der Waals surface area (Å²) in [4.78, 5) is 26.6. The molecule has 4 atom stereocenters. The van der Waals surface area contributed by atoms with Gasteiger partial charge in [0.05, 0.1) is 12.9 Å². The van der Waals surface area contributed by atoms with Gasteiger partial charge in [0.1, 0.15) is 24.6 Å². The summed E-state index contributed by atoms with van der Waals surface area (Å²) in [5, 5.41) is 29.0. The molecule has 3 aromatic carbocycles. The van der Waals surface area contributed by atoms with Crippen molar-refractivity contribution in [2.45, 2.75) is 37.9 Å². The molecule has 6 rings (SSSR count). The number of ether oxygens (including phenoxy) is 1. The third-order valence-electron chi connectivity index (χ3n) is 7.20. The van der Waals surface area contributed by atoms with Gasteiger partial charge in [-0.25, -0.2) is 15.0 Å². The summed E-state index contributed by atoms with van der Waals surface area (Å²) < 4.78 is 7.66. The van der Waals surface area contributed by atoms with Gasteiger partial charge in [-0.1, -0.05) is 54.6 Å². The van der Waals surface area contributed by atoms with Gasteiger partial charge < -0.3 is 25.6 Å². The molecule has 3 heterocycles. The molecule has 1 aliphatic heterocycles. The highest BCUT2D eigenvalue weighted by molar-refractivity contribution is 5.98. The van der Waals surface area contributed by atoms with Crippen LogP contribution < -0.4 is 10.6 Å². The lowest BCUT2D eigenvalue weighted by Gasteiger charge is -2.23. The van der Waals surface area contributed by atoms with Crippen LogP contribution in [0.3, 0.4) is 0 Å². The van der Waals surface area contributed by atoms with E-state index in [1.807, 2.05) is 61.5 Å². The summed E-state index contributed by atoms with van der Waals surface area (Å²) in [7, 11) is 0. The van der Waals surface area contributed by atoms with Crippen molar-refractivity contribution in [1.82, 2.24) is 24.8 Å². The second-order valence-electron chi connectivity index (χ2n) is 9.63. The number of aromatic nitrogens is 4. The van der Waals surface area contributed by atoms with E-state index in [1.54, 1.807) is 23.0 Å². The largest absolute Gasteiger partial charge is 0.394 e. The van der Waals surface area contributed by atoms with E-state index >= 15 is 0 Å². The number of benzene rings is 3. The lowest BCUT2D eigenvalue weighted by molar-refractivity contribution is -0.0440. The molecule has 1 fully saturated rings. The maximum atomic E-state index is 13.3. The van der Waals surface area contributed by atoms with Gasteiger partial charge >= 0.3 is 0 Å². The zero-order valence-electron chi connectivity index (χ0n) is 21.2. The quantitative estimate of drug-likeness (QED) is 0.255. The van der Waals surface area contributed by atoms with Gasteiger partial charge in [-0.3, -0.25) is 9.36 Å². The van der Waals surface area contributed by atoms with E-state index in [0.717, 1.165) is 21.9 Å². The predicted octanol–water partition coefficient (Wildman–Crippen LogP) is 2.95. The van der Waals surface area contributed by atoms with Crippen LogP contribution in [-0.4, -0.2) is 60.5 Å². The molecule has 0 saturated carbocycles. The van der Waals surface area contributed by atoms with Crippen molar-refractivity contribution in [2.75, 3.05) is 11.9 Å². The van der Waals surface area contributed by atoms with Crippen LogP contribution in [0.5, 0.6) is 0 Å². The third-order valence-corrected chi connectivity index (χ3v) is 7.20. The molecule has 39 heavy (non-hydrogen) atoms. The van der Waals surface area contributed by atoms with Crippen LogP contribution in [0, 0.1) is 6.92 Å². The number of imidazole rings is 1. The molecular weight excluding hydrogens is 496 g/mol. The molecule has 0 unspecified atom stereocenters. The Morgan fingerprint density at radius 1 is 1.03 bits per heavy atom. The second-order valence-corrected chi connectivity index (χ2v) is 9.63. The average Bonchev–Trinajstić information content (AvgIpc) is 3.53. The molecule has 1 amide bonds. The van der Waals surface area contributed by atoms with Crippen LogP contribution >= 0.6 is 0 Å². The van der Waals surface area contributed by atoms with Gasteiger partial charge in [-0.2, -0.15) is 0 Å². The van der Waals surface area contributed by atoms with Crippen LogP contribution in [0.25, 0.3) is 21.9 Å². The standard InChI is InChI=1S/C29H28N6O4/c1-17-6-2-3-9-21(17)13-30-26-24-27(32-15-31-26)35(16-33-24)29-23(25(37)22(14-36)39-29)34-28(38)20-11-10-18-7-4-5-8-19(18)12-20/h2-12,15-16,22-23,25,29,36-37H,13-14H2,1H3,(H,34,38)(H,30,31,32)/t22-,23-,25-,29-/m1/s1. The van der Waals surface area contributed by atoms with E-state index in [1.165, 1.54) is 6.33 Å². The first-order valence-electron chi connectivity index (χ1n) is 12.7. The smallest absolute Gasteiger partial charge is 0.251 e. The number of anilines is 1. The van der Waals surface area contributed by atoms with Gasteiger partial charge in [0.25, 0.3) is 5.91 Å². The summed E-state index contributed by atoms with van der Waals surface area (Å²) >= 11 is 0. The molecule has 4 N–H and O–H groups in total. The molecule has 0 spiro atoms. The number of carbonyl (C=O) groups is 1. The van der Waals surface area contributed by atoms with Gasteiger partial charge in [0, 0.05) is 12.1 Å². The number of hydrogen-bond donors (Lipinski definition) is 4. The lowest BCUT2D eigenvalue weighted by atomic mass is 10.0. The molecule has 0 bridgehead atoms. The Morgan fingerprint density at radius 3 is 2.64 bits per heavy atom. The van der Waals surface area contributed by atoms with Crippen molar-refractivity contribution in [1.29, 1.82) is 0 Å². The fraction of sp³-hybridized carbons (Fsp3) is 0.241. The molecule has 198 valence electrons. The van der Waals surface area contributed by atoms with Crippen LogP contribution in [0.2, 0.25) is 0 Å². The SMILES string of the molecule is Cc1ccccc1CNc1ncnc2c1ncn2[C@@H]1O[C@H](CO)[C@@H](O)[C@H]1NC(=O)c1ccc2ccccc2c1. The van der Waals surface area contributed by atoms with Crippen molar-refractivity contribution in [2.24, 2.45) is 0 Å². The first-order chi connectivity index (χ1) is 19.0. The number of aryl methyl sites for hydroxylation is 1. The minimum atomic E-state index is -1.15. The van der Waals surface area contributed by atoms with Crippen molar-refractivity contribution in [3.05, 3.63) is 96.1 Å². The first kappa shape index (κ1) is 24.9. The predicted molar refractivity (Wildman–Crippen MR) is 146 cm³/mol. The topological polar surface area (TPSA) is 134 Å². The Hall–Kier alpha value is -4.38. The number of nitrogens with one attached hydrogen (secondary N) is 2. The summed E-state index contributed by atoms with van der Waals surface area (Å²) in [6.45, 7) is 2.19. The molecule has 0 radical (unpaired) electrons. The number of fused-ring (bicyclic) bond motifs is 2. The number of carbonyl (C=O) groups excluding carboxylic acids is 1. The van der Waals surface area contributed by atoms with Crippen LogP contribution in [0.4, 0.5) is 5.82 Å². The number of amides is 1. The van der Waals surface area contributed by atoms with E-state index in [4.69, 9.17) is 4.74 Å². The van der Waals surface area contributed by atoms with Gasteiger partial charge in [-0.05, 0) is 41.0 Å². The molecule has 1 aliphatic rings. The number of rotatable bonds is 7. The molecule has 0 aliphatic carbocycles. The monoisotopic (exact) mass is 524 g/mol. The molecular formula is C29H28N6O4. The summed E-state index contributed by atoms with van der Waals surface area (Å²) in [6, 6.07) is 20.4. The minimum absolute atomic E-state index is 0.364. The Balaban J connectivity index is 1.28. The molecule has 1 saturated heterocycles. The Bertz CT molecular complexity index is 1650. The highest BCUT2D eigenvalue weighted by Gasteiger charge is 2.46. The fourth-order valence-electron chi connectivity index (χ4n) is 5.01. The number of aliphatic hydroxyl groups is 2. The zero-order chi connectivity index (χ0) is 26.9. The Labute approximate surface area is 224 Å². The van der Waals surface area contributed by atoms with Crippen LogP contribution in [0.15, 0.2) is 79.4 Å². The van der Waals surface area contributed by atoms with Crippen LogP contribution in [0.1, 0.15) is 27.7 Å². The van der Waals surface area contributed by atoms with Crippen molar-refractivity contribution in [3.63, 3.8) is 0 Å². The van der Waals surface area contributed by atoms with E-state index in [2.05, 4.69) is 25.6 Å². The molecule has 5 aromatic rings. The fourth-order valence-corrected chi connectivity index (χ4v) is 5.01. The third kappa shape index (κ3) is 4.69. The Kier molecular flexibility index (Phi) is 6.65. The lowest BCUT2D eigenvalue weighted by Crippen LogP contribution is -2.46. The molecule has 10 nitrogen and oxygen atoms in total. The average molecular weight is 525 g/mol. The summed E-state index contributed by atoms with van der Waals surface area (Å²) in [5.74, 6) is 0.188. The maximum Gasteiger partial charge on any atom is 0.251 e. The van der Waals surface area contributed by atoms with E-state index < -0.39 is 31.1 Å². The van der Waals surface area contributed by atoms with Gasteiger partial charge in [-0.15, -0.1) is 0 Å². The maximum absolute atomic E-state index is 13.3. The van der Waals surface area contributed by atoms with Crippen molar-refractivity contribution < 1.29 is 19.7 Å².